The highest BCUT2D eigenvalue weighted by Crippen LogP contribution is 2.23. The zero-order chi connectivity index (χ0) is 23.1. The van der Waals surface area contributed by atoms with Crippen LogP contribution < -0.4 is 4.90 Å². The molecule has 10 heteroatoms. The van der Waals surface area contributed by atoms with E-state index in [4.69, 9.17) is 14.7 Å². The number of anilines is 1. The first-order valence-corrected chi connectivity index (χ1v) is 11.4. The number of nitriles is 1. The lowest BCUT2D eigenvalue weighted by molar-refractivity contribution is -0.121. The summed E-state index contributed by atoms with van der Waals surface area (Å²) in [5.74, 6) is -1.40. The number of para-hydroxylation sites is 1. The second-order valence-electron chi connectivity index (χ2n) is 7.05. The minimum absolute atomic E-state index is 0.00979. The number of ether oxygens (including phenoxy) is 2. The number of carbonyl (C=O) groups excluding carboxylic acids is 2. The number of amides is 1. The van der Waals surface area contributed by atoms with Gasteiger partial charge in [-0.2, -0.15) is 9.57 Å². The number of esters is 1. The van der Waals surface area contributed by atoms with E-state index in [1.54, 1.807) is 37.3 Å². The van der Waals surface area contributed by atoms with E-state index < -0.39 is 28.5 Å². The third-order valence-electron chi connectivity index (χ3n) is 4.94. The van der Waals surface area contributed by atoms with E-state index in [0.29, 0.717) is 24.5 Å². The predicted molar refractivity (Wildman–Crippen MR) is 115 cm³/mol. The van der Waals surface area contributed by atoms with E-state index in [0.717, 1.165) is 0 Å². The summed E-state index contributed by atoms with van der Waals surface area (Å²) in [5.41, 5.74) is 1.01. The van der Waals surface area contributed by atoms with Crippen LogP contribution in [0.5, 0.6) is 0 Å². The molecule has 0 aromatic heterocycles. The third-order valence-corrected chi connectivity index (χ3v) is 6.98. The zero-order valence-electron chi connectivity index (χ0n) is 17.6. The molecule has 0 N–H and O–H groups in total. The van der Waals surface area contributed by atoms with Crippen molar-refractivity contribution in [2.24, 2.45) is 0 Å². The van der Waals surface area contributed by atoms with Crippen LogP contribution in [0, 0.1) is 18.3 Å². The molecule has 0 bridgehead atoms. The minimum Gasteiger partial charge on any atom is -0.452 e. The summed E-state index contributed by atoms with van der Waals surface area (Å²) in [7, 11) is -3.80. The maximum absolute atomic E-state index is 13.0. The summed E-state index contributed by atoms with van der Waals surface area (Å²) in [5, 5.41) is 9.02. The highest BCUT2D eigenvalue weighted by molar-refractivity contribution is 7.89. The Morgan fingerprint density at radius 1 is 1.16 bits per heavy atom. The number of hydrogen-bond acceptors (Lipinski definition) is 7. The molecule has 1 fully saturated rings. The van der Waals surface area contributed by atoms with Crippen molar-refractivity contribution in [1.82, 2.24) is 4.31 Å². The average Bonchev–Trinajstić information content (AvgIpc) is 2.82. The van der Waals surface area contributed by atoms with Gasteiger partial charge in [0.1, 0.15) is 6.54 Å². The van der Waals surface area contributed by atoms with Gasteiger partial charge < -0.3 is 9.47 Å². The predicted octanol–water partition coefficient (Wildman–Crippen LogP) is 1.73. The molecule has 1 amide bonds. The smallest absolute Gasteiger partial charge is 0.338 e. The van der Waals surface area contributed by atoms with Crippen LogP contribution in [0.2, 0.25) is 0 Å². The summed E-state index contributed by atoms with van der Waals surface area (Å²) in [4.78, 5) is 26.3. The van der Waals surface area contributed by atoms with Crippen LogP contribution in [0.1, 0.15) is 15.9 Å². The molecule has 0 atom stereocenters. The highest BCUT2D eigenvalue weighted by Gasteiger charge is 2.29. The fraction of sp³-hybridized carbons (Fsp3) is 0.318. The molecule has 3 rings (SSSR count). The largest absolute Gasteiger partial charge is 0.452 e. The topological polar surface area (TPSA) is 117 Å². The Hall–Kier alpha value is -3.26. The van der Waals surface area contributed by atoms with Crippen LogP contribution in [0.15, 0.2) is 53.4 Å². The van der Waals surface area contributed by atoms with E-state index in [2.05, 4.69) is 0 Å². The van der Waals surface area contributed by atoms with Crippen molar-refractivity contribution >= 4 is 27.6 Å². The fourth-order valence-corrected chi connectivity index (χ4v) is 4.88. The number of hydrogen-bond donors (Lipinski definition) is 0. The van der Waals surface area contributed by atoms with Crippen molar-refractivity contribution in [2.75, 3.05) is 44.4 Å². The van der Waals surface area contributed by atoms with Gasteiger partial charge in [-0.25, -0.2) is 13.2 Å². The van der Waals surface area contributed by atoms with Gasteiger partial charge in [0.05, 0.1) is 29.7 Å². The van der Waals surface area contributed by atoms with Crippen molar-refractivity contribution in [3.8, 4) is 6.07 Å². The van der Waals surface area contributed by atoms with E-state index >= 15 is 0 Å². The van der Waals surface area contributed by atoms with Crippen LogP contribution in [0.25, 0.3) is 0 Å². The first kappa shape index (κ1) is 23.4. The molecule has 2 aromatic rings. The second-order valence-corrected chi connectivity index (χ2v) is 8.95. The van der Waals surface area contributed by atoms with E-state index in [9.17, 15) is 18.0 Å². The molecule has 2 aromatic carbocycles. The molecular formula is C22H23N3O6S. The molecule has 0 unspecified atom stereocenters. The van der Waals surface area contributed by atoms with Crippen LogP contribution >= 0.6 is 0 Å². The van der Waals surface area contributed by atoms with Gasteiger partial charge >= 0.3 is 5.97 Å². The Morgan fingerprint density at radius 2 is 1.84 bits per heavy atom. The molecule has 32 heavy (non-hydrogen) atoms. The molecule has 9 nitrogen and oxygen atoms in total. The van der Waals surface area contributed by atoms with Crippen molar-refractivity contribution < 1.29 is 27.5 Å². The normalized spacial score (nSPS) is 14.4. The van der Waals surface area contributed by atoms with Gasteiger partial charge in [0.15, 0.2) is 6.61 Å². The molecule has 168 valence electrons. The minimum atomic E-state index is -3.80. The van der Waals surface area contributed by atoms with Crippen molar-refractivity contribution in [3.05, 3.63) is 59.7 Å². The van der Waals surface area contributed by atoms with Gasteiger partial charge in [-0.15, -0.1) is 0 Å². The molecule has 0 spiro atoms. The number of nitrogens with zero attached hydrogens (tertiary/aromatic N) is 3. The quantitative estimate of drug-likeness (QED) is 0.459. The van der Waals surface area contributed by atoms with Crippen LogP contribution in [-0.4, -0.2) is 64.1 Å². The van der Waals surface area contributed by atoms with Crippen molar-refractivity contribution in [2.45, 2.75) is 11.8 Å². The zero-order valence-corrected chi connectivity index (χ0v) is 18.4. The number of sulfonamides is 1. The van der Waals surface area contributed by atoms with Crippen LogP contribution in [0.4, 0.5) is 5.69 Å². The molecule has 0 radical (unpaired) electrons. The number of rotatable bonds is 7. The monoisotopic (exact) mass is 457 g/mol. The SMILES string of the molecule is Cc1ccc(C(=O)OCC(=O)N(CC#N)c2ccccc2)cc1S(=O)(=O)N1CCOCC1. The van der Waals surface area contributed by atoms with Crippen molar-refractivity contribution in [3.63, 3.8) is 0 Å². The Balaban J connectivity index is 1.73. The molecule has 0 aliphatic carbocycles. The lowest BCUT2D eigenvalue weighted by atomic mass is 10.1. The number of morpholine rings is 1. The standard InChI is InChI=1S/C22H23N3O6S/c1-17-7-8-18(15-20(17)32(28,29)24-11-13-30-14-12-24)22(27)31-16-21(26)25(10-9-23)19-5-3-2-4-6-19/h2-8,15H,10-14,16H2,1H3. The number of carbonyl (C=O) groups is 2. The van der Waals surface area contributed by atoms with Crippen molar-refractivity contribution in [1.29, 1.82) is 5.26 Å². The van der Waals surface area contributed by atoms with Crippen LogP contribution in [0.3, 0.4) is 0 Å². The summed E-state index contributed by atoms with van der Waals surface area (Å²) < 4.78 is 37.6. The highest BCUT2D eigenvalue weighted by atomic mass is 32.2. The Bertz CT molecular complexity index is 1120. The Kier molecular flexibility index (Phi) is 7.58. The lowest BCUT2D eigenvalue weighted by Gasteiger charge is -2.26. The molecule has 1 aliphatic rings. The van der Waals surface area contributed by atoms with Crippen LogP contribution in [-0.2, 0) is 24.3 Å². The van der Waals surface area contributed by atoms with Gasteiger partial charge in [-0.1, -0.05) is 24.3 Å². The summed E-state index contributed by atoms with van der Waals surface area (Å²) in [6, 6.07) is 14.7. The number of aryl methyl sites for hydroxylation is 1. The molecular weight excluding hydrogens is 434 g/mol. The Labute approximate surface area is 186 Å². The fourth-order valence-electron chi connectivity index (χ4n) is 3.22. The van der Waals surface area contributed by atoms with E-state index in [1.807, 2.05) is 6.07 Å². The van der Waals surface area contributed by atoms with Gasteiger partial charge in [-0.3, -0.25) is 9.69 Å². The van der Waals surface area contributed by atoms with Gasteiger partial charge in [0.25, 0.3) is 5.91 Å². The summed E-state index contributed by atoms with van der Waals surface area (Å²) >= 11 is 0. The Morgan fingerprint density at radius 3 is 2.50 bits per heavy atom. The lowest BCUT2D eigenvalue weighted by Crippen LogP contribution is -2.40. The number of benzene rings is 2. The maximum atomic E-state index is 13.0. The average molecular weight is 458 g/mol. The summed E-state index contributed by atoms with van der Waals surface area (Å²) in [6.45, 7) is 1.94. The van der Waals surface area contributed by atoms with E-state index in [-0.39, 0.29) is 30.1 Å². The molecule has 1 saturated heterocycles. The van der Waals surface area contributed by atoms with Gasteiger partial charge in [-0.05, 0) is 36.8 Å². The van der Waals surface area contributed by atoms with Gasteiger partial charge in [0.2, 0.25) is 10.0 Å². The summed E-state index contributed by atoms with van der Waals surface area (Å²) in [6.07, 6.45) is 0. The van der Waals surface area contributed by atoms with Gasteiger partial charge in [0, 0.05) is 18.8 Å². The maximum Gasteiger partial charge on any atom is 0.338 e. The first-order valence-electron chi connectivity index (χ1n) is 9.92. The molecule has 1 aliphatic heterocycles. The second kappa shape index (κ2) is 10.4. The molecule has 1 heterocycles. The van der Waals surface area contributed by atoms with E-state index in [1.165, 1.54) is 27.4 Å². The first-order chi connectivity index (χ1) is 15.3. The third kappa shape index (κ3) is 5.31. The molecule has 0 saturated carbocycles.